The van der Waals surface area contributed by atoms with Crippen molar-refractivity contribution in [2.75, 3.05) is 7.11 Å². The van der Waals surface area contributed by atoms with Gasteiger partial charge >= 0.3 is 0 Å². The van der Waals surface area contributed by atoms with Gasteiger partial charge in [0.25, 0.3) is 0 Å². The van der Waals surface area contributed by atoms with Crippen molar-refractivity contribution in [3.8, 4) is 0 Å². The number of ether oxygens (including phenoxy) is 1. The number of aliphatic hydroxyl groups excluding tert-OH is 1. The molecular formula is C14H15NO4. The molecule has 2 aliphatic carbocycles. The number of allylic oxidation sites excluding steroid dienone is 2. The third kappa shape index (κ3) is 1.58. The molecule has 19 heavy (non-hydrogen) atoms. The Morgan fingerprint density at radius 3 is 2.63 bits per heavy atom. The highest BCUT2D eigenvalue weighted by molar-refractivity contribution is 6.24. The van der Waals surface area contributed by atoms with Crippen molar-refractivity contribution < 1.29 is 19.4 Å². The van der Waals surface area contributed by atoms with Crippen LogP contribution in [0.4, 0.5) is 0 Å². The van der Waals surface area contributed by atoms with Gasteiger partial charge in [0.05, 0.1) is 19.3 Å². The number of carbonyl (C=O) groups excluding carboxylic acids is 2. The normalized spacial score (nSPS) is 18.4. The Labute approximate surface area is 110 Å². The Hall–Kier alpha value is -1.88. The number of carbonyl (C=O) groups is 2. The molecule has 0 saturated heterocycles. The lowest BCUT2D eigenvalue weighted by molar-refractivity contribution is 0.0911. The predicted molar refractivity (Wildman–Crippen MR) is 67.1 cm³/mol. The zero-order valence-corrected chi connectivity index (χ0v) is 10.9. The molecule has 0 amide bonds. The largest absolute Gasteiger partial charge is 0.492 e. The molecule has 3 rings (SSSR count). The summed E-state index contributed by atoms with van der Waals surface area (Å²) in [5.74, 6) is -0.495. The summed E-state index contributed by atoms with van der Waals surface area (Å²) in [7, 11) is 1.37. The van der Waals surface area contributed by atoms with Crippen molar-refractivity contribution in [1.82, 2.24) is 4.57 Å². The summed E-state index contributed by atoms with van der Waals surface area (Å²) in [5, 5.41) is 9.52. The summed E-state index contributed by atoms with van der Waals surface area (Å²) < 4.78 is 6.86. The second-order valence-electron chi connectivity index (χ2n) is 4.95. The van der Waals surface area contributed by atoms with E-state index in [4.69, 9.17) is 4.74 Å². The molecule has 0 aliphatic heterocycles. The van der Waals surface area contributed by atoms with E-state index in [9.17, 15) is 14.7 Å². The Morgan fingerprint density at radius 2 is 2.11 bits per heavy atom. The van der Waals surface area contributed by atoms with Crippen molar-refractivity contribution in [2.45, 2.75) is 32.4 Å². The molecule has 0 bridgehead atoms. The lowest BCUT2D eigenvalue weighted by Gasteiger charge is -2.14. The first-order valence-electron chi connectivity index (χ1n) is 6.29. The van der Waals surface area contributed by atoms with E-state index in [2.05, 4.69) is 0 Å². The molecule has 1 saturated carbocycles. The average molecular weight is 261 g/mol. The van der Waals surface area contributed by atoms with Crippen molar-refractivity contribution in [2.24, 2.45) is 0 Å². The van der Waals surface area contributed by atoms with Crippen LogP contribution in [0.5, 0.6) is 0 Å². The molecule has 0 atom stereocenters. The van der Waals surface area contributed by atoms with Gasteiger partial charge in [-0.05, 0) is 19.8 Å². The number of methoxy groups -OCH3 is 1. The second-order valence-corrected chi connectivity index (χ2v) is 4.95. The third-order valence-corrected chi connectivity index (χ3v) is 3.81. The molecule has 0 spiro atoms. The lowest BCUT2D eigenvalue weighted by Crippen LogP contribution is -2.20. The molecule has 5 nitrogen and oxygen atoms in total. The van der Waals surface area contributed by atoms with Gasteiger partial charge in [-0.1, -0.05) is 0 Å². The summed E-state index contributed by atoms with van der Waals surface area (Å²) in [6, 6.07) is 0.281. The Balaban J connectivity index is 2.28. The van der Waals surface area contributed by atoms with E-state index in [1.807, 2.05) is 11.5 Å². The molecule has 5 heteroatoms. The average Bonchev–Trinajstić information content (AvgIpc) is 3.17. The number of nitrogens with zero attached hydrogens (tertiary/aromatic N) is 1. The SMILES string of the molecule is COC1=CC(=O)c2c(c(CO)c(C)n2C2CC2)C1=O. The van der Waals surface area contributed by atoms with Crippen molar-refractivity contribution in [1.29, 1.82) is 0 Å². The molecule has 0 radical (unpaired) electrons. The summed E-state index contributed by atoms with van der Waals surface area (Å²) in [5.41, 5.74) is 2.08. The van der Waals surface area contributed by atoms with Crippen molar-refractivity contribution in [3.05, 3.63) is 34.3 Å². The number of aromatic nitrogens is 1. The van der Waals surface area contributed by atoms with Crippen LogP contribution in [0.25, 0.3) is 0 Å². The molecule has 0 unspecified atom stereocenters. The molecular weight excluding hydrogens is 246 g/mol. The quantitative estimate of drug-likeness (QED) is 0.896. The van der Waals surface area contributed by atoms with Gasteiger partial charge < -0.3 is 14.4 Å². The minimum Gasteiger partial charge on any atom is -0.492 e. The topological polar surface area (TPSA) is 68.5 Å². The van der Waals surface area contributed by atoms with Crippen LogP contribution in [-0.2, 0) is 11.3 Å². The fourth-order valence-electron chi connectivity index (χ4n) is 2.75. The highest BCUT2D eigenvalue weighted by Gasteiger charge is 2.38. The number of hydrogen-bond donors (Lipinski definition) is 1. The third-order valence-electron chi connectivity index (χ3n) is 3.81. The van der Waals surface area contributed by atoms with Crippen LogP contribution in [0.2, 0.25) is 0 Å². The molecule has 1 heterocycles. The fourth-order valence-corrected chi connectivity index (χ4v) is 2.75. The van der Waals surface area contributed by atoms with Gasteiger partial charge in [0.1, 0.15) is 5.69 Å². The van der Waals surface area contributed by atoms with E-state index in [1.54, 1.807) is 0 Å². The second kappa shape index (κ2) is 4.06. The van der Waals surface area contributed by atoms with Crippen LogP contribution in [0, 0.1) is 6.92 Å². The van der Waals surface area contributed by atoms with Crippen LogP contribution >= 0.6 is 0 Å². The number of hydrogen-bond acceptors (Lipinski definition) is 4. The van der Waals surface area contributed by atoms with Crippen LogP contribution in [0.3, 0.4) is 0 Å². The molecule has 2 aliphatic rings. The summed E-state index contributed by atoms with van der Waals surface area (Å²) >= 11 is 0. The van der Waals surface area contributed by atoms with E-state index in [1.165, 1.54) is 13.2 Å². The minimum atomic E-state index is -0.316. The van der Waals surface area contributed by atoms with Gasteiger partial charge in [0.15, 0.2) is 5.76 Å². The van der Waals surface area contributed by atoms with E-state index in [0.29, 0.717) is 16.8 Å². The van der Waals surface area contributed by atoms with Gasteiger partial charge in [-0.2, -0.15) is 0 Å². The number of fused-ring (bicyclic) bond motifs is 1. The first kappa shape index (κ1) is 12.2. The predicted octanol–water partition coefficient (Wildman–Crippen LogP) is 1.53. The van der Waals surface area contributed by atoms with Crippen LogP contribution < -0.4 is 0 Å². The smallest absolute Gasteiger partial charge is 0.230 e. The number of aliphatic hydroxyl groups is 1. The minimum absolute atomic E-state index is 0.0418. The fraction of sp³-hybridized carbons (Fsp3) is 0.429. The summed E-state index contributed by atoms with van der Waals surface area (Å²) in [6.07, 6.45) is 3.26. The van der Waals surface area contributed by atoms with E-state index >= 15 is 0 Å². The first-order valence-corrected chi connectivity index (χ1v) is 6.29. The molecule has 1 aromatic heterocycles. The van der Waals surface area contributed by atoms with Crippen LogP contribution in [-0.4, -0.2) is 28.3 Å². The van der Waals surface area contributed by atoms with Gasteiger partial charge in [-0.3, -0.25) is 9.59 Å². The van der Waals surface area contributed by atoms with Gasteiger partial charge in [0.2, 0.25) is 11.6 Å². The van der Waals surface area contributed by atoms with Crippen LogP contribution in [0.1, 0.15) is 51.0 Å². The van der Waals surface area contributed by atoms with Gasteiger partial charge in [-0.15, -0.1) is 0 Å². The van der Waals surface area contributed by atoms with E-state index in [-0.39, 0.29) is 30.0 Å². The van der Waals surface area contributed by atoms with Crippen molar-refractivity contribution >= 4 is 11.6 Å². The summed E-state index contributed by atoms with van der Waals surface area (Å²) in [4.78, 5) is 24.5. The number of ketones is 2. The van der Waals surface area contributed by atoms with Crippen LogP contribution in [0.15, 0.2) is 11.8 Å². The van der Waals surface area contributed by atoms with Gasteiger partial charge in [-0.25, -0.2) is 0 Å². The number of rotatable bonds is 3. The van der Waals surface area contributed by atoms with E-state index < -0.39 is 0 Å². The monoisotopic (exact) mass is 261 g/mol. The molecule has 1 aromatic rings. The van der Waals surface area contributed by atoms with Gasteiger partial charge in [0, 0.05) is 23.4 Å². The zero-order chi connectivity index (χ0) is 13.7. The lowest BCUT2D eigenvalue weighted by atomic mass is 9.96. The molecule has 0 aromatic carbocycles. The Kier molecular flexibility index (Phi) is 2.60. The maximum absolute atomic E-state index is 12.3. The summed E-state index contributed by atoms with van der Waals surface area (Å²) in [6.45, 7) is 1.60. The molecule has 1 fully saturated rings. The number of Topliss-reactive ketones (excluding diaryl/α,β-unsaturated/α-hetero) is 1. The van der Waals surface area contributed by atoms with Crippen molar-refractivity contribution in [3.63, 3.8) is 0 Å². The Bertz CT molecular complexity index is 620. The first-order chi connectivity index (χ1) is 9.10. The maximum atomic E-state index is 12.3. The zero-order valence-electron chi connectivity index (χ0n) is 10.9. The highest BCUT2D eigenvalue weighted by atomic mass is 16.5. The maximum Gasteiger partial charge on any atom is 0.230 e. The van der Waals surface area contributed by atoms with E-state index in [0.717, 1.165) is 18.5 Å². The highest BCUT2D eigenvalue weighted by Crippen LogP contribution is 2.41. The Morgan fingerprint density at radius 1 is 1.42 bits per heavy atom. The molecule has 1 N–H and O–H groups in total. The standard InChI is InChI=1S/C14H15NO4/c1-7-9(6-16)12-13(15(7)8-3-4-8)10(17)5-11(19-2)14(12)18/h5,8,16H,3-4,6H2,1-2H3. The molecule has 100 valence electrons.